The summed E-state index contributed by atoms with van der Waals surface area (Å²) in [5.74, 6) is -0.136. The Balaban J connectivity index is 1.34. The van der Waals surface area contributed by atoms with Crippen molar-refractivity contribution in [2.75, 3.05) is 31.1 Å². The van der Waals surface area contributed by atoms with Crippen molar-refractivity contribution in [1.82, 2.24) is 9.80 Å². The summed E-state index contributed by atoms with van der Waals surface area (Å²) in [6, 6.07) is 19.4. The Morgan fingerprint density at radius 1 is 0.750 bits per heavy atom. The Kier molecular flexibility index (Phi) is 5.23. The maximum atomic E-state index is 13.5. The van der Waals surface area contributed by atoms with Crippen LogP contribution in [0.4, 0.5) is 5.69 Å². The number of piperazine rings is 1. The summed E-state index contributed by atoms with van der Waals surface area (Å²) in [6.45, 7) is 1.70. The quantitative estimate of drug-likeness (QED) is 0.642. The van der Waals surface area contributed by atoms with Crippen molar-refractivity contribution in [2.45, 2.75) is 12.5 Å². The lowest BCUT2D eigenvalue weighted by Crippen LogP contribution is -2.56. The Labute approximate surface area is 185 Å². The van der Waals surface area contributed by atoms with E-state index in [-0.39, 0.29) is 17.7 Å². The molecule has 7 nitrogen and oxygen atoms in total. The molecule has 0 spiro atoms. The molecule has 1 atom stereocenters. The summed E-state index contributed by atoms with van der Waals surface area (Å²) < 4.78 is 5.21. The van der Waals surface area contributed by atoms with E-state index in [4.69, 9.17) is 4.42 Å². The van der Waals surface area contributed by atoms with Crippen molar-refractivity contribution in [1.29, 1.82) is 0 Å². The monoisotopic (exact) mass is 429 g/mol. The lowest BCUT2D eigenvalue weighted by atomic mass is 10.1. The molecule has 0 bridgehead atoms. The fourth-order valence-electron chi connectivity index (χ4n) is 4.45. The Morgan fingerprint density at radius 3 is 2.16 bits per heavy atom. The Morgan fingerprint density at radius 2 is 1.44 bits per heavy atom. The first kappa shape index (κ1) is 20.1. The summed E-state index contributed by atoms with van der Waals surface area (Å²) in [5, 5.41) is 0. The summed E-state index contributed by atoms with van der Waals surface area (Å²) in [6.07, 6.45) is 1.96. The first-order valence-electron chi connectivity index (χ1n) is 10.7. The Hall–Kier alpha value is -3.87. The average molecular weight is 429 g/mol. The van der Waals surface area contributed by atoms with Gasteiger partial charge >= 0.3 is 0 Å². The van der Waals surface area contributed by atoms with Crippen LogP contribution in [0.15, 0.2) is 77.4 Å². The number of furan rings is 1. The van der Waals surface area contributed by atoms with Gasteiger partial charge in [0.2, 0.25) is 5.91 Å². The average Bonchev–Trinajstić information content (AvgIpc) is 3.52. The molecular weight excluding hydrogens is 406 g/mol. The van der Waals surface area contributed by atoms with Crippen LogP contribution >= 0.6 is 0 Å². The highest BCUT2D eigenvalue weighted by molar-refractivity contribution is 6.11. The van der Waals surface area contributed by atoms with E-state index in [0.717, 1.165) is 11.3 Å². The lowest BCUT2D eigenvalue weighted by molar-refractivity contribution is -0.133. The van der Waals surface area contributed by atoms with Crippen LogP contribution in [0.5, 0.6) is 0 Å². The minimum Gasteiger partial charge on any atom is -0.459 e. The van der Waals surface area contributed by atoms with Gasteiger partial charge < -0.3 is 14.2 Å². The zero-order valence-corrected chi connectivity index (χ0v) is 17.5. The van der Waals surface area contributed by atoms with Gasteiger partial charge in [-0.3, -0.25) is 19.3 Å². The molecule has 162 valence electrons. The normalized spacial score (nSPS) is 17.9. The van der Waals surface area contributed by atoms with Gasteiger partial charge in [0.25, 0.3) is 11.8 Å². The summed E-state index contributed by atoms with van der Waals surface area (Å²) in [4.78, 5) is 44.5. The van der Waals surface area contributed by atoms with Crippen molar-refractivity contribution in [3.05, 3.63) is 89.9 Å². The number of hydrogen-bond acceptors (Lipinski definition) is 4. The van der Waals surface area contributed by atoms with E-state index in [1.165, 1.54) is 6.26 Å². The van der Waals surface area contributed by atoms with E-state index in [2.05, 4.69) is 0 Å². The molecule has 0 aliphatic carbocycles. The molecule has 2 aromatic carbocycles. The fourth-order valence-corrected chi connectivity index (χ4v) is 4.45. The van der Waals surface area contributed by atoms with Gasteiger partial charge in [-0.05, 0) is 35.9 Å². The highest BCUT2D eigenvalue weighted by atomic mass is 16.3. The number of carbonyl (C=O) groups is 3. The minimum atomic E-state index is -0.590. The van der Waals surface area contributed by atoms with Crippen LogP contribution in [-0.4, -0.2) is 59.7 Å². The van der Waals surface area contributed by atoms with Crippen LogP contribution in [0.1, 0.15) is 26.5 Å². The molecule has 5 rings (SSSR count). The third-order valence-corrected chi connectivity index (χ3v) is 6.11. The van der Waals surface area contributed by atoms with E-state index in [1.807, 2.05) is 42.5 Å². The maximum absolute atomic E-state index is 13.5. The largest absolute Gasteiger partial charge is 0.459 e. The first-order valence-corrected chi connectivity index (χ1v) is 10.7. The van der Waals surface area contributed by atoms with Gasteiger partial charge in [-0.2, -0.15) is 0 Å². The smallest absolute Gasteiger partial charge is 0.289 e. The van der Waals surface area contributed by atoms with Gasteiger partial charge in [0.15, 0.2) is 5.76 Å². The predicted molar refractivity (Wildman–Crippen MR) is 118 cm³/mol. The number of amides is 3. The number of anilines is 1. The second kappa shape index (κ2) is 8.34. The van der Waals surface area contributed by atoms with E-state index in [9.17, 15) is 14.4 Å². The molecule has 2 aliphatic heterocycles. The second-order valence-corrected chi connectivity index (χ2v) is 7.98. The molecule has 1 fully saturated rings. The van der Waals surface area contributed by atoms with Gasteiger partial charge in [-0.25, -0.2) is 0 Å². The number of carbonyl (C=O) groups excluding carboxylic acids is 3. The minimum absolute atomic E-state index is 0.0874. The van der Waals surface area contributed by atoms with Gasteiger partial charge in [0.1, 0.15) is 6.04 Å². The number of nitrogens with zero attached hydrogens (tertiary/aromatic N) is 3. The fraction of sp³-hybridized carbons (Fsp3) is 0.240. The summed E-state index contributed by atoms with van der Waals surface area (Å²) in [5.41, 5.74) is 2.32. The number of para-hydroxylation sites is 1. The molecule has 3 aromatic rings. The lowest BCUT2D eigenvalue weighted by Gasteiger charge is -2.37. The maximum Gasteiger partial charge on any atom is 0.289 e. The Bertz CT molecular complexity index is 1140. The zero-order chi connectivity index (χ0) is 22.1. The van der Waals surface area contributed by atoms with Crippen molar-refractivity contribution < 1.29 is 18.8 Å². The van der Waals surface area contributed by atoms with Crippen LogP contribution < -0.4 is 4.90 Å². The van der Waals surface area contributed by atoms with Crippen LogP contribution in [-0.2, 0) is 11.2 Å². The van der Waals surface area contributed by atoms with Gasteiger partial charge in [-0.1, -0.05) is 36.4 Å². The summed E-state index contributed by atoms with van der Waals surface area (Å²) >= 11 is 0. The number of benzene rings is 2. The van der Waals surface area contributed by atoms with Crippen molar-refractivity contribution in [2.24, 2.45) is 0 Å². The van der Waals surface area contributed by atoms with E-state index >= 15 is 0 Å². The molecule has 0 unspecified atom stereocenters. The molecule has 32 heavy (non-hydrogen) atoms. The molecule has 1 saturated heterocycles. The molecule has 7 heteroatoms. The molecule has 0 N–H and O–H groups in total. The highest BCUT2D eigenvalue weighted by Gasteiger charge is 2.41. The third kappa shape index (κ3) is 3.56. The van der Waals surface area contributed by atoms with E-state index < -0.39 is 6.04 Å². The molecular formula is C25H23N3O4. The SMILES string of the molecule is O=C(c1ccco1)N1CCN(C(=O)[C@H]2Cc3ccccc3N2C(=O)c2ccccc2)CC1. The van der Waals surface area contributed by atoms with Crippen LogP contribution in [0.2, 0.25) is 0 Å². The third-order valence-electron chi connectivity index (χ3n) is 6.11. The predicted octanol–water partition coefficient (Wildman–Crippen LogP) is 2.84. The molecule has 0 radical (unpaired) electrons. The van der Waals surface area contributed by atoms with E-state index in [1.54, 1.807) is 39.0 Å². The van der Waals surface area contributed by atoms with Crippen molar-refractivity contribution in [3.8, 4) is 0 Å². The van der Waals surface area contributed by atoms with Gasteiger partial charge in [0.05, 0.1) is 6.26 Å². The first-order chi connectivity index (χ1) is 15.6. The molecule has 1 aromatic heterocycles. The zero-order valence-electron chi connectivity index (χ0n) is 17.5. The number of hydrogen-bond donors (Lipinski definition) is 0. The van der Waals surface area contributed by atoms with Crippen LogP contribution in [0.25, 0.3) is 0 Å². The summed E-state index contributed by atoms with van der Waals surface area (Å²) in [7, 11) is 0. The van der Waals surface area contributed by atoms with Gasteiger partial charge in [-0.15, -0.1) is 0 Å². The molecule has 2 aliphatic rings. The molecule has 0 saturated carbocycles. The molecule has 3 amide bonds. The van der Waals surface area contributed by atoms with Crippen molar-refractivity contribution in [3.63, 3.8) is 0 Å². The second-order valence-electron chi connectivity index (χ2n) is 7.98. The highest BCUT2D eigenvalue weighted by Crippen LogP contribution is 2.34. The number of fused-ring (bicyclic) bond motifs is 1. The molecule has 3 heterocycles. The van der Waals surface area contributed by atoms with Gasteiger partial charge in [0, 0.05) is 43.9 Å². The van der Waals surface area contributed by atoms with Crippen LogP contribution in [0, 0.1) is 0 Å². The topological polar surface area (TPSA) is 74.1 Å². The standard InChI is InChI=1S/C25H23N3O4/c29-23(18-7-2-1-3-8-18)28-20-10-5-4-9-19(20)17-21(28)24(30)26-12-14-27(15-13-26)25(31)22-11-6-16-32-22/h1-11,16,21H,12-15,17H2/t21-/m1/s1. The van der Waals surface area contributed by atoms with E-state index in [0.29, 0.717) is 43.9 Å². The van der Waals surface area contributed by atoms with Crippen molar-refractivity contribution >= 4 is 23.4 Å². The number of rotatable bonds is 3. The van der Waals surface area contributed by atoms with Crippen LogP contribution in [0.3, 0.4) is 0 Å².